The molecular weight excluding hydrogens is 603 g/mol. The average molecular weight is 637 g/mol. The van der Waals surface area contributed by atoms with Crippen LogP contribution in [0.5, 0.6) is 17.2 Å². The molecule has 0 aliphatic rings. The molecule has 0 atom stereocenters. The minimum atomic E-state index is -4.54. The topological polar surface area (TPSA) is 120 Å². The van der Waals surface area contributed by atoms with Gasteiger partial charge < -0.3 is 24.3 Å². The van der Waals surface area contributed by atoms with Crippen molar-refractivity contribution in [3.05, 3.63) is 113 Å². The lowest BCUT2D eigenvalue weighted by Gasteiger charge is -2.24. The summed E-state index contributed by atoms with van der Waals surface area (Å²) in [6.45, 7) is 1.98. The molecule has 0 bridgehead atoms. The van der Waals surface area contributed by atoms with E-state index >= 15 is 4.39 Å². The molecule has 12 heteroatoms. The molecule has 0 radical (unpaired) electrons. The summed E-state index contributed by atoms with van der Waals surface area (Å²) >= 11 is 0. The third-order valence-corrected chi connectivity index (χ3v) is 8.58. The van der Waals surface area contributed by atoms with E-state index in [9.17, 15) is 18.0 Å². The highest BCUT2D eigenvalue weighted by Crippen LogP contribution is 2.30. The minimum absolute atomic E-state index is 0.0580. The number of hydrogen-bond acceptors (Lipinski definition) is 8. The molecular formula is C33H33FN2O8S. The highest BCUT2D eigenvalue weighted by Gasteiger charge is 2.29. The summed E-state index contributed by atoms with van der Waals surface area (Å²) in [5, 5.41) is 2.69. The van der Waals surface area contributed by atoms with Crippen LogP contribution in [0.2, 0.25) is 0 Å². The number of benzene rings is 4. The van der Waals surface area contributed by atoms with Crippen molar-refractivity contribution in [2.75, 3.05) is 33.3 Å². The minimum Gasteiger partial charge on any atom is -0.494 e. The lowest BCUT2D eigenvalue weighted by Crippen LogP contribution is -2.31. The van der Waals surface area contributed by atoms with Gasteiger partial charge >= 0.3 is 5.97 Å². The molecule has 0 aromatic heterocycles. The number of amides is 1. The fourth-order valence-corrected chi connectivity index (χ4v) is 5.97. The molecule has 0 fully saturated rings. The molecule has 4 aromatic rings. The number of anilines is 1. The van der Waals surface area contributed by atoms with Gasteiger partial charge in [-0.2, -0.15) is 4.31 Å². The van der Waals surface area contributed by atoms with E-state index in [1.54, 1.807) is 54.6 Å². The summed E-state index contributed by atoms with van der Waals surface area (Å²) in [7, 11) is -0.342. The maximum atomic E-state index is 15.3. The second kappa shape index (κ2) is 14.7. The molecule has 0 aliphatic carbocycles. The van der Waals surface area contributed by atoms with Crippen molar-refractivity contribution in [3.63, 3.8) is 0 Å². The molecule has 4 rings (SSSR count). The SMILES string of the molecule is CCOc1ccc(NC(=O)c2ccc(F)c(S(=O)(=O)N(Cc3ccc(C(=O)OC)cc3)Cc3ccc(OC)c(OC)c3)c2)cc1. The van der Waals surface area contributed by atoms with Crippen LogP contribution >= 0.6 is 0 Å². The molecule has 4 aromatic carbocycles. The van der Waals surface area contributed by atoms with Gasteiger partial charge in [0, 0.05) is 24.3 Å². The summed E-state index contributed by atoms with van der Waals surface area (Å²) in [6.07, 6.45) is 0. The standard InChI is InChI=1S/C33H33FN2O8S/c1-5-44-27-14-12-26(13-15-27)35-32(37)25-11-16-28(34)31(19-25)45(39,40)36(20-22-6-9-24(10-7-22)33(38)43-4)21-23-8-17-29(41-2)30(18-23)42-3/h6-19H,5,20-21H2,1-4H3,(H,35,37). The summed E-state index contributed by atoms with van der Waals surface area (Å²) < 4.78 is 65.4. The van der Waals surface area contributed by atoms with Gasteiger partial charge in [0.2, 0.25) is 10.0 Å². The lowest BCUT2D eigenvalue weighted by molar-refractivity contribution is 0.0600. The first-order valence-electron chi connectivity index (χ1n) is 13.8. The number of carbonyl (C=O) groups excluding carboxylic acids is 2. The number of carbonyl (C=O) groups is 2. The number of halogens is 1. The van der Waals surface area contributed by atoms with Crippen LogP contribution in [0.4, 0.5) is 10.1 Å². The third-order valence-electron chi connectivity index (χ3n) is 6.78. The van der Waals surface area contributed by atoms with Crippen LogP contribution in [0.25, 0.3) is 0 Å². The fraction of sp³-hybridized carbons (Fsp3) is 0.212. The Morgan fingerprint density at radius 3 is 2.02 bits per heavy atom. The first-order valence-corrected chi connectivity index (χ1v) is 15.3. The quantitative estimate of drug-likeness (QED) is 0.187. The van der Waals surface area contributed by atoms with Crippen molar-refractivity contribution in [1.82, 2.24) is 4.31 Å². The van der Waals surface area contributed by atoms with Crippen LogP contribution in [-0.4, -0.2) is 52.5 Å². The smallest absolute Gasteiger partial charge is 0.337 e. The van der Waals surface area contributed by atoms with E-state index in [2.05, 4.69) is 5.32 Å². The van der Waals surface area contributed by atoms with Crippen molar-refractivity contribution in [1.29, 1.82) is 0 Å². The molecule has 0 saturated carbocycles. The number of ether oxygens (including phenoxy) is 4. The summed E-state index contributed by atoms with van der Waals surface area (Å²) in [5.41, 5.74) is 1.73. The first-order chi connectivity index (χ1) is 21.6. The molecule has 45 heavy (non-hydrogen) atoms. The predicted octanol–water partition coefficient (Wildman–Crippen LogP) is 5.67. The van der Waals surface area contributed by atoms with Crippen LogP contribution in [0.15, 0.2) is 89.8 Å². The number of nitrogens with one attached hydrogen (secondary N) is 1. The molecule has 0 aliphatic heterocycles. The van der Waals surface area contributed by atoms with Crippen molar-refractivity contribution in [3.8, 4) is 17.2 Å². The van der Waals surface area contributed by atoms with E-state index < -0.39 is 32.6 Å². The zero-order chi connectivity index (χ0) is 32.6. The van der Waals surface area contributed by atoms with Gasteiger partial charge in [0.1, 0.15) is 16.5 Å². The Morgan fingerprint density at radius 2 is 1.40 bits per heavy atom. The van der Waals surface area contributed by atoms with Crippen molar-refractivity contribution < 1.29 is 41.3 Å². The van der Waals surface area contributed by atoms with Crippen molar-refractivity contribution in [2.24, 2.45) is 0 Å². The van der Waals surface area contributed by atoms with Gasteiger partial charge in [-0.15, -0.1) is 0 Å². The molecule has 0 heterocycles. The normalized spacial score (nSPS) is 11.2. The van der Waals surface area contributed by atoms with Crippen molar-refractivity contribution >= 4 is 27.6 Å². The molecule has 1 N–H and O–H groups in total. The number of sulfonamides is 1. The Balaban J connectivity index is 1.68. The van der Waals surface area contributed by atoms with E-state index in [1.165, 1.54) is 39.5 Å². The van der Waals surface area contributed by atoms with E-state index in [0.29, 0.717) is 40.7 Å². The van der Waals surface area contributed by atoms with E-state index in [1.807, 2.05) is 6.92 Å². The van der Waals surface area contributed by atoms with E-state index in [-0.39, 0.29) is 24.2 Å². The van der Waals surface area contributed by atoms with Crippen molar-refractivity contribution in [2.45, 2.75) is 24.9 Å². The van der Waals surface area contributed by atoms with Gasteiger partial charge in [-0.05, 0) is 84.8 Å². The van der Waals surface area contributed by atoms with Crippen LogP contribution in [0.3, 0.4) is 0 Å². The van der Waals surface area contributed by atoms with Gasteiger partial charge in [-0.25, -0.2) is 17.6 Å². The second-order valence-electron chi connectivity index (χ2n) is 9.71. The molecule has 10 nitrogen and oxygen atoms in total. The predicted molar refractivity (Wildman–Crippen MR) is 166 cm³/mol. The Labute approximate surface area is 261 Å². The van der Waals surface area contributed by atoms with Gasteiger partial charge in [0.15, 0.2) is 11.5 Å². The number of methoxy groups -OCH3 is 3. The number of hydrogen-bond donors (Lipinski definition) is 1. The lowest BCUT2D eigenvalue weighted by atomic mass is 10.1. The first kappa shape index (κ1) is 33.0. The Hall–Kier alpha value is -4.94. The molecule has 0 spiro atoms. The maximum absolute atomic E-state index is 15.3. The molecule has 0 unspecified atom stereocenters. The largest absolute Gasteiger partial charge is 0.494 e. The Kier molecular flexibility index (Phi) is 10.8. The van der Waals surface area contributed by atoms with E-state index in [0.717, 1.165) is 16.4 Å². The van der Waals surface area contributed by atoms with Gasteiger partial charge in [-0.1, -0.05) is 18.2 Å². The molecule has 1 amide bonds. The fourth-order valence-electron chi connectivity index (χ4n) is 4.46. The van der Waals surface area contributed by atoms with Gasteiger partial charge in [0.25, 0.3) is 5.91 Å². The Morgan fingerprint density at radius 1 is 0.778 bits per heavy atom. The third kappa shape index (κ3) is 7.97. The maximum Gasteiger partial charge on any atom is 0.337 e. The van der Waals surface area contributed by atoms with Gasteiger partial charge in [0.05, 0.1) is 33.5 Å². The highest BCUT2D eigenvalue weighted by molar-refractivity contribution is 7.89. The summed E-state index contributed by atoms with van der Waals surface area (Å²) in [4.78, 5) is 24.3. The number of rotatable bonds is 13. The summed E-state index contributed by atoms with van der Waals surface area (Å²) in [6, 6.07) is 20.9. The zero-order valence-corrected chi connectivity index (χ0v) is 26.0. The number of nitrogens with zero attached hydrogens (tertiary/aromatic N) is 1. The second-order valence-corrected chi connectivity index (χ2v) is 11.6. The van der Waals surface area contributed by atoms with Crippen LogP contribution in [-0.2, 0) is 27.8 Å². The number of esters is 1. The Bertz CT molecular complexity index is 1760. The summed E-state index contributed by atoms with van der Waals surface area (Å²) in [5.74, 6) is -0.731. The molecule has 0 saturated heterocycles. The van der Waals surface area contributed by atoms with Crippen LogP contribution in [0.1, 0.15) is 38.8 Å². The highest BCUT2D eigenvalue weighted by atomic mass is 32.2. The zero-order valence-electron chi connectivity index (χ0n) is 25.2. The van der Waals surface area contributed by atoms with Gasteiger partial charge in [-0.3, -0.25) is 4.79 Å². The van der Waals surface area contributed by atoms with E-state index in [4.69, 9.17) is 18.9 Å². The molecule has 236 valence electrons. The van der Waals surface area contributed by atoms with Crippen LogP contribution < -0.4 is 19.5 Å². The van der Waals surface area contributed by atoms with Crippen LogP contribution in [0, 0.1) is 5.82 Å². The monoisotopic (exact) mass is 636 g/mol. The average Bonchev–Trinajstić information content (AvgIpc) is 3.05.